The van der Waals surface area contributed by atoms with Crippen molar-refractivity contribution in [2.45, 2.75) is 25.1 Å². The minimum atomic E-state index is -4.61. The van der Waals surface area contributed by atoms with Crippen molar-refractivity contribution in [3.05, 3.63) is 54.1 Å². The first kappa shape index (κ1) is 20.3. The maximum atomic E-state index is 13.0. The SMILES string of the molecule is O=C(NCCN1c2ccccc2N(C2CC2)S1(=O)=O)Nc1ccccc1C(F)(F)F. The van der Waals surface area contributed by atoms with Crippen molar-refractivity contribution in [1.82, 2.24) is 5.32 Å². The van der Waals surface area contributed by atoms with Crippen LogP contribution in [0.2, 0.25) is 0 Å². The van der Waals surface area contributed by atoms with Crippen LogP contribution in [0.3, 0.4) is 0 Å². The molecule has 1 aliphatic carbocycles. The summed E-state index contributed by atoms with van der Waals surface area (Å²) in [5.74, 6) is 0. The number of rotatable bonds is 5. The van der Waals surface area contributed by atoms with E-state index in [1.165, 1.54) is 20.7 Å². The molecule has 160 valence electrons. The maximum absolute atomic E-state index is 13.0. The van der Waals surface area contributed by atoms with Gasteiger partial charge in [0, 0.05) is 12.6 Å². The Morgan fingerprint density at radius 3 is 2.33 bits per heavy atom. The van der Waals surface area contributed by atoms with Crippen LogP contribution in [0.1, 0.15) is 18.4 Å². The summed E-state index contributed by atoms with van der Waals surface area (Å²) in [6, 6.07) is 10.6. The maximum Gasteiger partial charge on any atom is 0.418 e. The number of hydrogen-bond donors (Lipinski definition) is 2. The quantitative estimate of drug-likeness (QED) is 0.746. The van der Waals surface area contributed by atoms with E-state index < -0.39 is 28.0 Å². The van der Waals surface area contributed by atoms with Crippen molar-refractivity contribution in [2.75, 3.05) is 27.0 Å². The van der Waals surface area contributed by atoms with Gasteiger partial charge in [0.2, 0.25) is 0 Å². The lowest BCUT2D eigenvalue weighted by Gasteiger charge is -2.21. The summed E-state index contributed by atoms with van der Waals surface area (Å²) in [7, 11) is -3.76. The number of amides is 2. The molecule has 0 aromatic heterocycles. The molecular formula is C19H19F3N4O3S. The molecule has 0 radical (unpaired) electrons. The van der Waals surface area contributed by atoms with Gasteiger partial charge in [-0.3, -0.25) is 0 Å². The van der Waals surface area contributed by atoms with Gasteiger partial charge in [-0.25, -0.2) is 13.4 Å². The van der Waals surface area contributed by atoms with Gasteiger partial charge in [-0.05, 0) is 37.1 Å². The zero-order valence-corrected chi connectivity index (χ0v) is 16.5. The number of alkyl halides is 3. The molecule has 1 heterocycles. The molecule has 2 aromatic rings. The molecule has 11 heteroatoms. The Bertz CT molecular complexity index is 1070. The number of carbonyl (C=O) groups excluding carboxylic acids is 1. The van der Waals surface area contributed by atoms with Crippen LogP contribution in [0.25, 0.3) is 0 Å². The van der Waals surface area contributed by atoms with Gasteiger partial charge in [-0.15, -0.1) is 0 Å². The second-order valence-electron chi connectivity index (χ2n) is 7.02. The van der Waals surface area contributed by atoms with E-state index >= 15 is 0 Å². The van der Waals surface area contributed by atoms with Crippen LogP contribution < -0.4 is 19.2 Å². The molecule has 30 heavy (non-hydrogen) atoms. The number of urea groups is 1. The van der Waals surface area contributed by atoms with Crippen LogP contribution in [0.15, 0.2) is 48.5 Å². The first-order chi connectivity index (χ1) is 14.2. The van der Waals surface area contributed by atoms with Gasteiger partial charge in [-0.1, -0.05) is 24.3 Å². The second kappa shape index (κ2) is 7.38. The molecule has 2 amide bonds. The van der Waals surface area contributed by atoms with Crippen LogP contribution in [-0.2, 0) is 16.4 Å². The standard InChI is InChI=1S/C19H19F3N4O3S/c20-19(21,22)14-5-1-2-6-15(14)24-18(27)23-11-12-25-16-7-3-4-8-17(16)26(13-9-10-13)30(25,28)29/h1-8,13H,9-12H2,(H2,23,24,27). The molecule has 0 unspecified atom stereocenters. The summed E-state index contributed by atoms with van der Waals surface area (Å²) in [4.78, 5) is 12.1. The van der Waals surface area contributed by atoms with Gasteiger partial charge in [0.1, 0.15) is 0 Å². The fourth-order valence-corrected chi connectivity index (χ4v) is 5.35. The Morgan fingerprint density at radius 2 is 1.67 bits per heavy atom. The lowest BCUT2D eigenvalue weighted by atomic mass is 10.1. The minimum Gasteiger partial charge on any atom is -0.336 e. The molecule has 2 aromatic carbocycles. The van der Waals surface area contributed by atoms with Gasteiger partial charge >= 0.3 is 22.4 Å². The largest absolute Gasteiger partial charge is 0.418 e. The average Bonchev–Trinajstić information content (AvgIpc) is 3.47. The molecule has 0 atom stereocenters. The molecule has 0 saturated heterocycles. The molecule has 1 fully saturated rings. The van der Waals surface area contributed by atoms with Crippen LogP contribution in [0, 0.1) is 0 Å². The Labute approximate surface area is 171 Å². The summed E-state index contributed by atoms with van der Waals surface area (Å²) in [6.07, 6.45) is -3.02. The lowest BCUT2D eigenvalue weighted by molar-refractivity contribution is -0.136. The van der Waals surface area contributed by atoms with Crippen LogP contribution in [0.4, 0.5) is 35.0 Å². The first-order valence-corrected chi connectivity index (χ1v) is 10.7. The molecule has 4 rings (SSSR count). The second-order valence-corrected chi connectivity index (χ2v) is 8.75. The van der Waals surface area contributed by atoms with Crippen LogP contribution in [0.5, 0.6) is 0 Å². The Kier molecular flexibility index (Phi) is 5.00. The summed E-state index contributed by atoms with van der Waals surface area (Å²) < 4.78 is 67.6. The number of halogens is 3. The van der Waals surface area contributed by atoms with E-state index in [4.69, 9.17) is 0 Å². The molecule has 0 spiro atoms. The molecule has 2 N–H and O–H groups in total. The molecule has 1 aliphatic heterocycles. The normalized spacial score (nSPS) is 17.6. The number of anilines is 3. The smallest absolute Gasteiger partial charge is 0.336 e. The van der Waals surface area contributed by atoms with E-state index in [0.29, 0.717) is 11.4 Å². The lowest BCUT2D eigenvalue weighted by Crippen LogP contribution is -2.43. The average molecular weight is 440 g/mol. The third kappa shape index (κ3) is 3.76. The van der Waals surface area contributed by atoms with Crippen molar-refractivity contribution in [1.29, 1.82) is 0 Å². The number of carbonyl (C=O) groups is 1. The van der Waals surface area contributed by atoms with Gasteiger partial charge < -0.3 is 10.6 Å². The summed E-state index contributed by atoms with van der Waals surface area (Å²) in [6.45, 7) is -0.122. The molecular weight excluding hydrogens is 421 g/mol. The molecule has 0 bridgehead atoms. The van der Waals surface area contributed by atoms with Gasteiger partial charge in [0.15, 0.2) is 0 Å². The van der Waals surface area contributed by atoms with Crippen molar-refractivity contribution in [2.24, 2.45) is 0 Å². The fraction of sp³-hybridized carbons (Fsp3) is 0.316. The van der Waals surface area contributed by atoms with E-state index in [9.17, 15) is 26.4 Å². The summed E-state index contributed by atoms with van der Waals surface area (Å²) in [5, 5.41) is 4.59. The zero-order valence-electron chi connectivity index (χ0n) is 15.7. The number of hydrogen-bond acceptors (Lipinski definition) is 3. The predicted octanol–water partition coefficient (Wildman–Crippen LogP) is 3.56. The molecule has 7 nitrogen and oxygen atoms in total. The number of nitrogens with zero attached hydrogens (tertiary/aromatic N) is 2. The first-order valence-electron chi connectivity index (χ1n) is 9.32. The Morgan fingerprint density at radius 1 is 1.03 bits per heavy atom. The molecule has 2 aliphatic rings. The highest BCUT2D eigenvalue weighted by molar-refractivity contribution is 7.94. The van der Waals surface area contributed by atoms with Crippen molar-refractivity contribution in [3.8, 4) is 0 Å². The highest BCUT2D eigenvalue weighted by Gasteiger charge is 2.47. The third-order valence-corrected chi connectivity index (χ3v) is 6.80. The van der Waals surface area contributed by atoms with Gasteiger partial charge in [0.25, 0.3) is 0 Å². The molecule has 1 saturated carbocycles. The van der Waals surface area contributed by atoms with E-state index in [0.717, 1.165) is 25.0 Å². The van der Waals surface area contributed by atoms with E-state index in [-0.39, 0.29) is 24.8 Å². The van der Waals surface area contributed by atoms with Gasteiger partial charge in [-0.2, -0.15) is 21.6 Å². The van der Waals surface area contributed by atoms with Crippen LogP contribution in [-0.4, -0.2) is 33.6 Å². The predicted molar refractivity (Wildman–Crippen MR) is 107 cm³/mol. The Balaban J connectivity index is 1.42. The summed E-state index contributed by atoms with van der Waals surface area (Å²) in [5.41, 5.74) is -0.213. The van der Waals surface area contributed by atoms with Crippen molar-refractivity contribution >= 4 is 33.3 Å². The highest BCUT2D eigenvalue weighted by atomic mass is 32.2. The number of fused-ring (bicyclic) bond motifs is 1. The number of benzene rings is 2. The Hall–Kier alpha value is -2.95. The summed E-state index contributed by atoms with van der Waals surface area (Å²) >= 11 is 0. The number of para-hydroxylation sites is 3. The van der Waals surface area contributed by atoms with E-state index in [2.05, 4.69) is 10.6 Å². The van der Waals surface area contributed by atoms with Crippen molar-refractivity contribution in [3.63, 3.8) is 0 Å². The highest BCUT2D eigenvalue weighted by Crippen LogP contribution is 2.46. The topological polar surface area (TPSA) is 81.8 Å². The van der Waals surface area contributed by atoms with E-state index in [1.54, 1.807) is 24.3 Å². The number of nitrogens with one attached hydrogen (secondary N) is 2. The fourth-order valence-electron chi connectivity index (χ4n) is 3.42. The minimum absolute atomic E-state index is 0.0447. The third-order valence-electron chi connectivity index (χ3n) is 4.87. The van der Waals surface area contributed by atoms with Gasteiger partial charge in [0.05, 0.1) is 29.2 Å². The van der Waals surface area contributed by atoms with Crippen molar-refractivity contribution < 1.29 is 26.4 Å². The zero-order chi connectivity index (χ0) is 21.5. The van der Waals surface area contributed by atoms with Crippen LogP contribution >= 0.6 is 0 Å². The van der Waals surface area contributed by atoms with E-state index in [1.807, 2.05) is 0 Å². The monoisotopic (exact) mass is 440 g/mol.